The van der Waals surface area contributed by atoms with Gasteiger partial charge in [-0.15, -0.1) is 23.5 Å². The summed E-state index contributed by atoms with van der Waals surface area (Å²) in [7, 11) is -8.69. The lowest BCUT2D eigenvalue weighted by molar-refractivity contribution is 0.443. The van der Waals surface area contributed by atoms with E-state index in [9.17, 15) is 21.4 Å². The summed E-state index contributed by atoms with van der Waals surface area (Å²) < 4.78 is 79.1. The molecule has 2 aliphatic rings. The van der Waals surface area contributed by atoms with Gasteiger partial charge in [0, 0.05) is 91.8 Å². The van der Waals surface area contributed by atoms with Crippen LogP contribution in [0.5, 0.6) is 0 Å². The molecule has 74 heavy (non-hydrogen) atoms. The lowest BCUT2D eigenvalue weighted by atomic mass is 9.93. The van der Waals surface area contributed by atoms with Crippen molar-refractivity contribution in [3.8, 4) is 22.5 Å². The molecule has 1 unspecified atom stereocenters. The summed E-state index contributed by atoms with van der Waals surface area (Å²) in [5, 5.41) is 1.47. The average Bonchev–Trinajstić information content (AvgIpc) is 3.40. The summed E-state index contributed by atoms with van der Waals surface area (Å²) >= 11 is 3.61. The number of benzene rings is 7. The first-order valence-electron chi connectivity index (χ1n) is 25.6. The lowest BCUT2D eigenvalue weighted by Gasteiger charge is -2.29. The van der Waals surface area contributed by atoms with Crippen molar-refractivity contribution >= 4 is 71.7 Å². The molecule has 6 aromatic rings. The molecule has 8 rings (SSSR count). The number of para-hydroxylation sites is 1. The zero-order valence-electron chi connectivity index (χ0n) is 43.3. The number of fused-ring (bicyclic) bond motifs is 2. The molecule has 0 amide bonds. The van der Waals surface area contributed by atoms with Gasteiger partial charge in [-0.3, -0.25) is 0 Å². The third-order valence-electron chi connectivity index (χ3n) is 13.7. The maximum atomic E-state index is 13.9. The largest absolute Gasteiger partial charge is 0.744 e. The third-order valence-corrected chi connectivity index (χ3v) is 18.2. The summed E-state index contributed by atoms with van der Waals surface area (Å²) in [6.45, 7) is 14.2. The Labute approximate surface area is 447 Å². The number of hydrogen-bond acceptors (Lipinski definition) is 9. The Morgan fingerprint density at radius 3 is 1.93 bits per heavy atom. The van der Waals surface area contributed by atoms with Gasteiger partial charge in [0.05, 0.1) is 15.9 Å². The van der Waals surface area contributed by atoms with Crippen LogP contribution in [0.3, 0.4) is 0 Å². The maximum absolute atomic E-state index is 13.9. The van der Waals surface area contributed by atoms with Gasteiger partial charge in [-0.2, -0.15) is 4.58 Å². The van der Waals surface area contributed by atoms with Gasteiger partial charge in [-0.25, -0.2) is 21.6 Å². The molecule has 0 spiro atoms. The predicted molar refractivity (Wildman–Crippen MR) is 307 cm³/mol. The van der Waals surface area contributed by atoms with Gasteiger partial charge < -0.3 is 13.9 Å². The van der Waals surface area contributed by atoms with E-state index in [1.807, 2.05) is 80.2 Å². The highest BCUT2D eigenvalue weighted by Gasteiger charge is 2.27. The molecule has 1 atom stereocenters. The Hall–Kier alpha value is -5.67. The molecular formula is C61H67N3O6S4. The van der Waals surface area contributed by atoms with Crippen molar-refractivity contribution in [1.82, 2.24) is 9.30 Å². The first kappa shape index (κ1) is 54.6. The minimum Gasteiger partial charge on any atom is -0.744 e. The normalized spacial score (nSPS) is 12.9. The fourth-order valence-corrected chi connectivity index (χ4v) is 13.7. The SMILES string of the molecule is CCCCC(CC)CNS(=O)(=O)c1cc(C)c([N+](CCCSc2ccccc2)=c2ccc3c(-c4ccccc4S(=O)(=O)[O-])c4ccc(N(CCCSc5ccccc5)c5c(C)cccc5C)cc4oc-3c2)c(C)c1. The smallest absolute Gasteiger partial charge is 0.240 e. The Morgan fingerprint density at radius 1 is 0.662 bits per heavy atom. The number of unbranched alkanes of at least 4 members (excludes halogenated alkanes) is 1. The highest BCUT2D eigenvalue weighted by atomic mass is 32.2. The second-order valence-electron chi connectivity index (χ2n) is 19.0. The first-order valence-corrected chi connectivity index (χ1v) is 30.5. The Morgan fingerprint density at radius 2 is 1.30 bits per heavy atom. The molecule has 386 valence electrons. The number of aryl methyl sites for hydroxylation is 4. The summed E-state index contributed by atoms with van der Waals surface area (Å²) in [6, 6.07) is 49.0. The molecule has 0 saturated carbocycles. The van der Waals surface area contributed by atoms with E-state index in [1.165, 1.54) is 15.9 Å². The van der Waals surface area contributed by atoms with E-state index >= 15 is 0 Å². The van der Waals surface area contributed by atoms with Crippen LogP contribution in [-0.4, -0.2) is 52.5 Å². The number of nitrogens with one attached hydrogen (secondary N) is 1. The second-order valence-corrected chi connectivity index (χ2v) is 24.5. The second kappa shape index (κ2) is 24.8. The molecule has 1 heterocycles. The number of rotatable bonds is 23. The molecule has 0 fully saturated rings. The highest BCUT2D eigenvalue weighted by molar-refractivity contribution is 7.99. The molecule has 1 N–H and O–H groups in total. The number of anilines is 2. The summed E-state index contributed by atoms with van der Waals surface area (Å²) in [4.78, 5) is 4.67. The zero-order valence-corrected chi connectivity index (χ0v) is 46.5. The third kappa shape index (κ3) is 13.0. The van der Waals surface area contributed by atoms with Crippen LogP contribution in [0.1, 0.15) is 74.6 Å². The van der Waals surface area contributed by atoms with Crippen LogP contribution in [0, 0.1) is 33.6 Å². The van der Waals surface area contributed by atoms with Crippen molar-refractivity contribution in [2.75, 3.05) is 36.0 Å². The zero-order chi connectivity index (χ0) is 52.4. The molecule has 0 bridgehead atoms. The summed E-state index contributed by atoms with van der Waals surface area (Å²) in [6.07, 6.45) is 5.69. The van der Waals surface area contributed by atoms with Crippen LogP contribution < -0.4 is 19.6 Å². The van der Waals surface area contributed by atoms with Crippen molar-refractivity contribution in [2.24, 2.45) is 5.92 Å². The molecule has 1 aliphatic carbocycles. The van der Waals surface area contributed by atoms with Gasteiger partial charge in [0.2, 0.25) is 21.1 Å². The molecule has 0 saturated heterocycles. The Balaban J connectivity index is 1.30. The van der Waals surface area contributed by atoms with E-state index in [0.717, 1.165) is 101 Å². The standard InChI is InChI=1S/C61H67N3O6S4/c1-7-9-23-47(8-2)42-62-73(65,66)52-38-45(5)61(46(6)39-52)64(35-20-37-72-51-26-14-11-15-27-51)49-31-33-54-57(41-49)70-56-40-48(30-32-53(56)59(54)55-28-16-17-29-58(55)74(67,68)69)63(60-43(3)21-18-22-44(60)4)34-19-36-71-50-24-12-10-13-25-50/h10-18,21-22,24-33,38-41,47,62H,7-9,19-20,23,34-37,42H2,1-6H3. The monoisotopic (exact) mass is 1070 g/mol. The average molecular weight is 1070 g/mol. The fraction of sp³-hybridized carbons (Fsp3) is 0.295. The van der Waals surface area contributed by atoms with Crippen molar-refractivity contribution in [3.63, 3.8) is 0 Å². The number of nitrogens with zero attached hydrogens (tertiary/aromatic N) is 2. The Bertz CT molecular complexity index is 3450. The number of sulfonamides is 1. The van der Waals surface area contributed by atoms with Crippen LogP contribution in [0.25, 0.3) is 33.4 Å². The van der Waals surface area contributed by atoms with Crippen molar-refractivity contribution in [2.45, 2.75) is 99.6 Å². The number of thioether (sulfide) groups is 2. The van der Waals surface area contributed by atoms with Crippen LogP contribution in [0.4, 0.5) is 17.1 Å². The molecule has 13 heteroatoms. The first-order chi connectivity index (χ1) is 35.7. The fourth-order valence-electron chi connectivity index (χ4n) is 9.97. The van der Waals surface area contributed by atoms with E-state index < -0.39 is 20.1 Å². The maximum Gasteiger partial charge on any atom is 0.240 e. The number of hydrogen-bond donors (Lipinski definition) is 1. The molecule has 9 nitrogen and oxygen atoms in total. The Kier molecular flexibility index (Phi) is 18.3. The highest BCUT2D eigenvalue weighted by Crippen LogP contribution is 2.44. The molecular weight excluding hydrogens is 999 g/mol. The van der Waals surface area contributed by atoms with Crippen molar-refractivity contribution in [3.05, 3.63) is 179 Å². The van der Waals surface area contributed by atoms with Gasteiger partial charge in [0.25, 0.3) is 0 Å². The van der Waals surface area contributed by atoms with Crippen molar-refractivity contribution in [1.29, 1.82) is 0 Å². The van der Waals surface area contributed by atoms with Crippen LogP contribution >= 0.6 is 23.5 Å². The van der Waals surface area contributed by atoms with Gasteiger partial charge in [0.1, 0.15) is 28.0 Å². The molecule has 6 aromatic carbocycles. The van der Waals surface area contributed by atoms with Crippen molar-refractivity contribution < 1.29 is 25.8 Å². The minimum absolute atomic E-state index is 0.235. The van der Waals surface area contributed by atoms with Gasteiger partial charge >= 0.3 is 0 Å². The predicted octanol–water partition coefficient (Wildman–Crippen LogP) is 14.4. The minimum atomic E-state index is -4.90. The van der Waals surface area contributed by atoms with E-state index in [1.54, 1.807) is 42.1 Å². The van der Waals surface area contributed by atoms with Gasteiger partial charge in [0.15, 0.2) is 0 Å². The molecule has 1 aliphatic heterocycles. The lowest BCUT2D eigenvalue weighted by Crippen LogP contribution is -2.30. The van der Waals surface area contributed by atoms with E-state index in [4.69, 9.17) is 4.42 Å². The topological polar surface area (TPSA) is 123 Å². The van der Waals surface area contributed by atoms with E-state index in [-0.39, 0.29) is 15.7 Å². The van der Waals surface area contributed by atoms with Gasteiger partial charge in [-0.1, -0.05) is 106 Å². The van der Waals surface area contributed by atoms with Crippen LogP contribution in [0.15, 0.2) is 176 Å². The summed E-state index contributed by atoms with van der Waals surface area (Å²) in [5.41, 5.74) is 8.84. The van der Waals surface area contributed by atoms with Gasteiger partial charge in [-0.05, 0) is 124 Å². The molecule has 0 aromatic heterocycles. The van der Waals surface area contributed by atoms with E-state index in [2.05, 4.69) is 103 Å². The summed E-state index contributed by atoms with van der Waals surface area (Å²) in [5.74, 6) is 2.51. The van der Waals surface area contributed by atoms with Crippen LogP contribution in [0.2, 0.25) is 0 Å². The van der Waals surface area contributed by atoms with Crippen LogP contribution in [-0.2, 0) is 20.1 Å². The quantitative estimate of drug-likeness (QED) is 0.0219. The molecule has 0 radical (unpaired) electrons. The van der Waals surface area contributed by atoms with E-state index in [0.29, 0.717) is 46.5 Å².